The molecule has 0 amide bonds. The number of carboxylic acids is 1. The maximum atomic E-state index is 12.3. The first-order valence-corrected chi connectivity index (χ1v) is 9.88. The van der Waals surface area contributed by atoms with E-state index in [-0.39, 0.29) is 5.92 Å². The van der Waals surface area contributed by atoms with Gasteiger partial charge in [-0.05, 0) is 12.8 Å². The quantitative estimate of drug-likeness (QED) is 0.741. The molecule has 4 heterocycles. The van der Waals surface area contributed by atoms with Crippen molar-refractivity contribution in [3.05, 3.63) is 18.2 Å². The largest absolute Gasteiger partial charge is 0.481 e. The topological polar surface area (TPSA) is 80.1 Å². The zero-order valence-corrected chi connectivity index (χ0v) is 16.0. The lowest BCUT2D eigenvalue weighted by atomic mass is 9.81. The fraction of sp³-hybridized carbons (Fsp3) is 0.789. The van der Waals surface area contributed by atoms with Crippen LogP contribution in [0.5, 0.6) is 0 Å². The van der Waals surface area contributed by atoms with Crippen molar-refractivity contribution >= 4 is 5.97 Å². The Morgan fingerprint density at radius 3 is 2.89 bits per heavy atom. The summed E-state index contributed by atoms with van der Waals surface area (Å²) in [6, 6.07) is 0.476. The van der Waals surface area contributed by atoms with Crippen molar-refractivity contribution in [2.75, 3.05) is 53.1 Å². The highest BCUT2D eigenvalue weighted by molar-refractivity contribution is 5.77. The number of ether oxygens (including phenoxy) is 2. The predicted octanol–water partition coefficient (Wildman–Crippen LogP) is 0.527. The number of rotatable bonds is 7. The lowest BCUT2D eigenvalue weighted by Crippen LogP contribution is -2.44. The molecule has 150 valence electrons. The molecule has 0 aliphatic carbocycles. The molecule has 0 unspecified atom stereocenters. The maximum absolute atomic E-state index is 12.3. The third-order valence-corrected chi connectivity index (χ3v) is 6.56. The third-order valence-electron chi connectivity index (χ3n) is 6.56. The number of aromatic nitrogens is 2. The molecule has 3 fully saturated rings. The van der Waals surface area contributed by atoms with Crippen LogP contribution >= 0.6 is 0 Å². The molecule has 3 aliphatic rings. The van der Waals surface area contributed by atoms with Gasteiger partial charge < -0.3 is 19.1 Å². The second-order valence-electron chi connectivity index (χ2n) is 8.17. The standard InChI is InChI=1S/C19H30N4O4/c1-26-7-4-22-14-20-8-17(22)11-21-9-15-10-23(16-2-5-27-6-3-16)13-19(15,12-21)18(24)25/h8,14-16H,2-7,9-13H2,1H3,(H,24,25)/t15-,19-/m0/s1. The van der Waals surface area contributed by atoms with Gasteiger partial charge in [-0.3, -0.25) is 14.6 Å². The Bertz CT molecular complexity index is 660. The zero-order valence-electron chi connectivity index (χ0n) is 16.0. The number of nitrogens with zero attached hydrogens (tertiary/aromatic N) is 4. The summed E-state index contributed by atoms with van der Waals surface area (Å²) < 4.78 is 12.7. The van der Waals surface area contributed by atoms with Gasteiger partial charge in [-0.2, -0.15) is 0 Å². The predicted molar refractivity (Wildman–Crippen MR) is 98.4 cm³/mol. The van der Waals surface area contributed by atoms with Crippen molar-refractivity contribution in [1.29, 1.82) is 0 Å². The highest BCUT2D eigenvalue weighted by Crippen LogP contribution is 2.44. The van der Waals surface area contributed by atoms with E-state index in [4.69, 9.17) is 9.47 Å². The van der Waals surface area contributed by atoms with Gasteiger partial charge in [0.1, 0.15) is 0 Å². The van der Waals surface area contributed by atoms with E-state index in [1.54, 1.807) is 7.11 Å². The van der Waals surface area contributed by atoms with Crippen LogP contribution in [0.15, 0.2) is 12.5 Å². The van der Waals surface area contributed by atoms with Crippen molar-refractivity contribution < 1.29 is 19.4 Å². The van der Waals surface area contributed by atoms with Crippen LogP contribution in [0.2, 0.25) is 0 Å². The summed E-state index contributed by atoms with van der Waals surface area (Å²) >= 11 is 0. The summed E-state index contributed by atoms with van der Waals surface area (Å²) in [4.78, 5) is 21.2. The fourth-order valence-electron chi connectivity index (χ4n) is 5.06. The minimum Gasteiger partial charge on any atom is -0.481 e. The third kappa shape index (κ3) is 3.63. The molecule has 4 rings (SSSR count). The molecule has 0 bridgehead atoms. The Labute approximate surface area is 160 Å². The summed E-state index contributed by atoms with van der Waals surface area (Å²) in [6.07, 6.45) is 5.74. The number of aliphatic carboxylic acids is 1. The monoisotopic (exact) mass is 378 g/mol. The summed E-state index contributed by atoms with van der Waals surface area (Å²) in [5, 5.41) is 10.1. The number of carboxylic acid groups (broad SMARTS) is 1. The van der Waals surface area contributed by atoms with Crippen LogP contribution in [0.25, 0.3) is 0 Å². The first-order valence-electron chi connectivity index (χ1n) is 9.88. The van der Waals surface area contributed by atoms with E-state index in [1.165, 1.54) is 0 Å². The van der Waals surface area contributed by atoms with E-state index in [0.717, 1.165) is 57.9 Å². The molecule has 2 atom stereocenters. The molecular weight excluding hydrogens is 348 g/mol. The van der Waals surface area contributed by atoms with Crippen molar-refractivity contribution in [2.45, 2.75) is 32.0 Å². The van der Waals surface area contributed by atoms with Crippen molar-refractivity contribution in [3.8, 4) is 0 Å². The van der Waals surface area contributed by atoms with Gasteiger partial charge in [0.25, 0.3) is 0 Å². The smallest absolute Gasteiger partial charge is 0.312 e. The van der Waals surface area contributed by atoms with Gasteiger partial charge >= 0.3 is 5.97 Å². The summed E-state index contributed by atoms with van der Waals surface area (Å²) in [6.45, 7) is 6.74. The van der Waals surface area contributed by atoms with E-state index < -0.39 is 11.4 Å². The molecule has 0 spiro atoms. The average Bonchev–Trinajstić information content (AvgIpc) is 3.34. The molecule has 0 aromatic carbocycles. The molecule has 3 saturated heterocycles. The normalized spacial score (nSPS) is 30.0. The van der Waals surface area contributed by atoms with Gasteiger partial charge in [-0.1, -0.05) is 0 Å². The van der Waals surface area contributed by atoms with E-state index >= 15 is 0 Å². The lowest BCUT2D eigenvalue weighted by Gasteiger charge is -2.33. The van der Waals surface area contributed by atoms with Crippen molar-refractivity contribution in [2.24, 2.45) is 11.3 Å². The molecule has 27 heavy (non-hydrogen) atoms. The van der Waals surface area contributed by atoms with Gasteiger partial charge in [-0.15, -0.1) is 0 Å². The number of imidazole rings is 1. The van der Waals surface area contributed by atoms with Crippen LogP contribution < -0.4 is 0 Å². The Hall–Kier alpha value is -1.48. The fourth-order valence-corrected chi connectivity index (χ4v) is 5.06. The van der Waals surface area contributed by atoms with E-state index in [2.05, 4.69) is 19.4 Å². The first-order chi connectivity index (χ1) is 13.1. The molecule has 0 saturated carbocycles. The molecule has 1 aromatic heterocycles. The van der Waals surface area contributed by atoms with E-state index in [9.17, 15) is 9.90 Å². The highest BCUT2D eigenvalue weighted by atomic mass is 16.5. The summed E-state index contributed by atoms with van der Waals surface area (Å²) in [5.41, 5.74) is 0.476. The highest BCUT2D eigenvalue weighted by Gasteiger charge is 2.58. The Morgan fingerprint density at radius 1 is 1.37 bits per heavy atom. The van der Waals surface area contributed by atoms with Crippen molar-refractivity contribution in [1.82, 2.24) is 19.4 Å². The minimum absolute atomic E-state index is 0.188. The lowest BCUT2D eigenvalue weighted by molar-refractivity contribution is -0.149. The number of hydrogen-bond donors (Lipinski definition) is 1. The Morgan fingerprint density at radius 2 is 2.19 bits per heavy atom. The Balaban J connectivity index is 1.42. The van der Waals surface area contributed by atoms with Crippen molar-refractivity contribution in [3.63, 3.8) is 0 Å². The molecular formula is C19H30N4O4. The van der Waals surface area contributed by atoms with Crippen LogP contribution in [0.4, 0.5) is 0 Å². The molecule has 1 aromatic rings. The van der Waals surface area contributed by atoms with Gasteiger partial charge in [0.15, 0.2) is 0 Å². The molecule has 8 nitrogen and oxygen atoms in total. The van der Waals surface area contributed by atoms with E-state index in [0.29, 0.717) is 25.7 Å². The zero-order chi connectivity index (χ0) is 18.9. The molecule has 0 radical (unpaired) electrons. The first kappa shape index (κ1) is 18.9. The van der Waals surface area contributed by atoms with Crippen LogP contribution in [0.1, 0.15) is 18.5 Å². The van der Waals surface area contributed by atoms with Gasteiger partial charge in [-0.25, -0.2) is 4.98 Å². The summed E-state index contributed by atoms with van der Waals surface area (Å²) in [5.74, 6) is -0.453. The van der Waals surface area contributed by atoms with Crippen LogP contribution in [-0.2, 0) is 27.4 Å². The van der Waals surface area contributed by atoms with E-state index in [1.807, 2.05) is 12.5 Å². The second-order valence-corrected chi connectivity index (χ2v) is 8.17. The number of carbonyl (C=O) groups is 1. The molecule has 3 aliphatic heterocycles. The maximum Gasteiger partial charge on any atom is 0.312 e. The second kappa shape index (κ2) is 7.87. The van der Waals surface area contributed by atoms with Crippen LogP contribution in [0.3, 0.4) is 0 Å². The van der Waals surface area contributed by atoms with Gasteiger partial charge in [0.05, 0.1) is 24.0 Å². The number of methoxy groups -OCH3 is 1. The average molecular weight is 378 g/mol. The number of likely N-dealkylation sites (tertiary alicyclic amines) is 2. The SMILES string of the molecule is COCCn1cncc1CN1C[C@H]2CN(C3CCOCC3)C[C@@]2(C(=O)O)C1. The molecule has 8 heteroatoms. The molecule has 1 N–H and O–H groups in total. The van der Waals surface area contributed by atoms with Crippen LogP contribution in [-0.4, -0.2) is 89.6 Å². The van der Waals surface area contributed by atoms with Gasteiger partial charge in [0.2, 0.25) is 0 Å². The number of hydrogen-bond acceptors (Lipinski definition) is 6. The minimum atomic E-state index is -0.643. The summed E-state index contributed by atoms with van der Waals surface area (Å²) in [7, 11) is 1.69. The van der Waals surface area contributed by atoms with Gasteiger partial charge in [0, 0.05) is 77.7 Å². The van der Waals surface area contributed by atoms with Crippen LogP contribution in [0, 0.1) is 11.3 Å². The number of fused-ring (bicyclic) bond motifs is 1. The Kier molecular flexibility index (Phi) is 5.50.